The summed E-state index contributed by atoms with van der Waals surface area (Å²) in [5.41, 5.74) is -0.715. The highest BCUT2D eigenvalue weighted by Gasteiger charge is 2.48. The van der Waals surface area contributed by atoms with Crippen molar-refractivity contribution in [3.63, 3.8) is 0 Å². The van der Waals surface area contributed by atoms with Gasteiger partial charge in [0.05, 0.1) is 10.6 Å². The van der Waals surface area contributed by atoms with E-state index >= 15 is 0 Å². The monoisotopic (exact) mass is 1030 g/mol. The van der Waals surface area contributed by atoms with E-state index < -0.39 is 47.1 Å². The third kappa shape index (κ3) is 13.7. The number of nitrogens with one attached hydrogen (secondary N) is 2. The molecule has 0 radical (unpaired) electrons. The second-order valence-electron chi connectivity index (χ2n) is 20.4. The summed E-state index contributed by atoms with van der Waals surface area (Å²) in [4.78, 5) is 19.5. The minimum atomic E-state index is -6.06. The van der Waals surface area contributed by atoms with Crippen LogP contribution in [0.1, 0.15) is 101 Å². The van der Waals surface area contributed by atoms with E-state index in [1.807, 2.05) is 47.2 Å². The molecule has 1 unspecified atom stereocenters. The lowest BCUT2D eigenvalue weighted by Gasteiger charge is -2.42. The summed E-state index contributed by atoms with van der Waals surface area (Å²) in [5, 5.41) is 3.77. The number of anilines is 1. The van der Waals surface area contributed by atoms with E-state index in [0.29, 0.717) is 24.8 Å². The number of hydrogen-bond donors (Lipinski definition) is 2. The lowest BCUT2D eigenvalue weighted by molar-refractivity contribution is -0.0435. The molecule has 0 bridgehead atoms. The Morgan fingerprint density at radius 2 is 1.49 bits per heavy atom. The molecule has 69 heavy (non-hydrogen) atoms. The summed E-state index contributed by atoms with van der Waals surface area (Å²) in [6.45, 7) is 17.8. The number of halogens is 4. The zero-order valence-corrected chi connectivity index (χ0v) is 43.3. The van der Waals surface area contributed by atoms with Gasteiger partial charge in [-0.25, -0.2) is 21.6 Å². The molecule has 2 N–H and O–H groups in total. The maximum atomic E-state index is 14.3. The first kappa shape index (κ1) is 52.9. The van der Waals surface area contributed by atoms with Crippen LogP contribution in [-0.2, 0) is 19.9 Å². The summed E-state index contributed by atoms with van der Waals surface area (Å²) in [5.74, 6) is -0.383. The number of likely N-dealkylation sites (tertiary alicyclic amines) is 1. The van der Waals surface area contributed by atoms with E-state index in [1.165, 1.54) is 40.6 Å². The van der Waals surface area contributed by atoms with Gasteiger partial charge < -0.3 is 10.2 Å². The third-order valence-corrected chi connectivity index (χ3v) is 18.0. The molecule has 0 saturated carbocycles. The number of alkyl halides is 3. The van der Waals surface area contributed by atoms with E-state index in [9.17, 15) is 34.8 Å². The fourth-order valence-electron chi connectivity index (χ4n) is 9.65. The van der Waals surface area contributed by atoms with Crippen LogP contribution in [-0.4, -0.2) is 113 Å². The van der Waals surface area contributed by atoms with Crippen molar-refractivity contribution in [2.75, 3.05) is 63.4 Å². The predicted molar refractivity (Wildman–Crippen MR) is 272 cm³/mol. The van der Waals surface area contributed by atoms with Crippen LogP contribution >= 0.6 is 23.4 Å². The van der Waals surface area contributed by atoms with Crippen LogP contribution < -0.4 is 10.0 Å². The lowest BCUT2D eigenvalue weighted by atomic mass is 9.72. The third-order valence-electron chi connectivity index (χ3n) is 13.8. The van der Waals surface area contributed by atoms with Crippen LogP contribution in [0.15, 0.2) is 117 Å². The predicted octanol–water partition coefficient (Wildman–Crippen LogP) is 11.0. The number of sulfonamides is 1. The normalized spacial score (nSPS) is 18.8. The standard InChI is InChI=1S/C52H65ClF3N5O5S3/c1-50(2,3)61-31-29-59(30-32-61)28-24-43(36-67-44-9-7-6-8-10-44)57-47-20-19-45(33-48(47)68(63,64)52(54,55)56)69(65,66)58-49(62)40-13-11-37(12-14-40)38-22-26-60(27-23-38)35-41-34-51(4,5)25-21-46(41)39-15-17-42(53)18-16-39/h6-20,33,38,43,57H,21-32,34-36H2,1-5H3,(H,58,62). The maximum absolute atomic E-state index is 14.3. The van der Waals surface area contributed by atoms with Crippen molar-refractivity contribution < 1.29 is 34.8 Å². The van der Waals surface area contributed by atoms with E-state index in [1.54, 1.807) is 12.1 Å². The molecule has 0 spiro atoms. The van der Waals surface area contributed by atoms with Gasteiger partial charge in [0, 0.05) is 72.1 Å². The van der Waals surface area contributed by atoms with Crippen molar-refractivity contribution in [2.24, 2.45) is 5.41 Å². The number of benzene rings is 4. The Hall–Kier alpha value is -3.90. The zero-order valence-electron chi connectivity index (χ0n) is 40.1. The molecule has 4 aromatic carbocycles. The molecule has 7 rings (SSSR count). The summed E-state index contributed by atoms with van der Waals surface area (Å²) < 4.78 is 98.6. The first-order chi connectivity index (χ1) is 32.5. The minimum Gasteiger partial charge on any atom is -0.380 e. The number of carbonyl (C=O) groups is 1. The molecule has 3 aliphatic rings. The van der Waals surface area contributed by atoms with Gasteiger partial charge in [0.15, 0.2) is 0 Å². The molecule has 2 heterocycles. The average Bonchev–Trinajstić information content (AvgIpc) is 3.30. The summed E-state index contributed by atoms with van der Waals surface area (Å²) in [6, 6.07) is 26.3. The van der Waals surface area contributed by atoms with Crippen LogP contribution in [0, 0.1) is 5.41 Å². The fraction of sp³-hybridized carbons (Fsp3) is 0.481. The van der Waals surface area contributed by atoms with Gasteiger partial charge in [-0.1, -0.05) is 73.5 Å². The maximum Gasteiger partial charge on any atom is 0.501 e. The minimum absolute atomic E-state index is 0.0204. The highest BCUT2D eigenvalue weighted by molar-refractivity contribution is 7.99. The Labute approximate surface area is 416 Å². The Kier molecular flexibility index (Phi) is 16.7. The highest BCUT2D eigenvalue weighted by Crippen LogP contribution is 2.43. The van der Waals surface area contributed by atoms with Crippen LogP contribution in [0.4, 0.5) is 18.9 Å². The molecule has 1 amide bonds. The number of carbonyl (C=O) groups excluding carboxylic acids is 1. The number of amides is 1. The van der Waals surface area contributed by atoms with Gasteiger partial charge in [0.2, 0.25) is 0 Å². The molecule has 17 heteroatoms. The molecular weight excluding hydrogens is 963 g/mol. The number of nitrogens with zero attached hydrogens (tertiary/aromatic N) is 3. The van der Waals surface area contributed by atoms with Crippen LogP contribution in [0.5, 0.6) is 0 Å². The van der Waals surface area contributed by atoms with Gasteiger partial charge in [0.25, 0.3) is 25.8 Å². The molecule has 2 saturated heterocycles. The average molecular weight is 1030 g/mol. The first-order valence-corrected chi connectivity index (χ1v) is 28.0. The van der Waals surface area contributed by atoms with Crippen LogP contribution in [0.2, 0.25) is 5.02 Å². The van der Waals surface area contributed by atoms with Crippen molar-refractivity contribution in [3.05, 3.63) is 124 Å². The summed E-state index contributed by atoms with van der Waals surface area (Å²) >= 11 is 7.67. The Balaban J connectivity index is 1.02. The van der Waals surface area contributed by atoms with Gasteiger partial charge in [-0.2, -0.15) is 13.2 Å². The SMILES string of the molecule is CC1(C)CCC(c2ccc(Cl)cc2)=C(CN2CCC(c3ccc(C(=O)NS(=O)(=O)c4ccc(NC(CCN5CCN(C(C)(C)C)CC5)CSc5ccccc5)c(S(=O)(=O)C(F)(F)F)c4)cc3)CC2)C1. The molecule has 374 valence electrons. The number of piperazine rings is 1. The topological polar surface area (TPSA) is 119 Å². The molecule has 1 atom stereocenters. The lowest BCUT2D eigenvalue weighted by Crippen LogP contribution is -2.53. The van der Waals surface area contributed by atoms with Gasteiger partial charge >= 0.3 is 5.51 Å². The van der Waals surface area contributed by atoms with E-state index in [-0.39, 0.29) is 28.1 Å². The fourth-order valence-corrected chi connectivity index (χ4v) is 12.8. The second kappa shape index (κ2) is 21.8. The van der Waals surface area contributed by atoms with Gasteiger partial charge in [-0.3, -0.25) is 14.6 Å². The van der Waals surface area contributed by atoms with Gasteiger partial charge in [-0.15, -0.1) is 11.8 Å². The smallest absolute Gasteiger partial charge is 0.380 e. The molecule has 2 aliphatic heterocycles. The molecule has 1 aliphatic carbocycles. The quantitative estimate of drug-likeness (QED) is 0.105. The number of rotatable bonds is 16. The highest BCUT2D eigenvalue weighted by atomic mass is 35.5. The van der Waals surface area contributed by atoms with E-state index in [4.69, 9.17) is 11.6 Å². The van der Waals surface area contributed by atoms with Crippen molar-refractivity contribution in [3.8, 4) is 0 Å². The number of hydrogen-bond acceptors (Lipinski definition) is 10. The molecule has 0 aromatic heterocycles. The van der Waals surface area contributed by atoms with Crippen LogP contribution in [0.3, 0.4) is 0 Å². The Morgan fingerprint density at radius 3 is 2.12 bits per heavy atom. The summed E-state index contributed by atoms with van der Waals surface area (Å²) in [6.07, 6.45) is 5.47. The van der Waals surface area contributed by atoms with Gasteiger partial charge in [-0.05, 0) is 155 Å². The van der Waals surface area contributed by atoms with Crippen molar-refractivity contribution in [2.45, 2.75) is 111 Å². The van der Waals surface area contributed by atoms with Gasteiger partial charge in [0.1, 0.15) is 4.90 Å². The van der Waals surface area contributed by atoms with E-state index in [2.05, 4.69) is 66.8 Å². The molecule has 4 aromatic rings. The van der Waals surface area contributed by atoms with Crippen molar-refractivity contribution in [1.82, 2.24) is 19.4 Å². The van der Waals surface area contributed by atoms with Crippen molar-refractivity contribution >= 4 is 60.4 Å². The number of thioether (sulfide) groups is 1. The Morgan fingerprint density at radius 1 is 0.841 bits per heavy atom. The zero-order chi connectivity index (χ0) is 49.8. The summed E-state index contributed by atoms with van der Waals surface area (Å²) in [7, 11) is -10.9. The molecular formula is C52H65ClF3N5O5S3. The Bertz CT molecular complexity index is 2660. The molecule has 2 fully saturated rings. The second-order valence-corrected chi connectivity index (χ2v) is 25.5. The van der Waals surface area contributed by atoms with E-state index in [0.717, 1.165) is 106 Å². The molecule has 10 nitrogen and oxygen atoms in total. The largest absolute Gasteiger partial charge is 0.501 e. The van der Waals surface area contributed by atoms with Crippen molar-refractivity contribution in [1.29, 1.82) is 0 Å². The number of allylic oxidation sites excluding steroid dienone is 1. The number of piperidine rings is 1. The first-order valence-electron chi connectivity index (χ1n) is 23.7. The number of sulfone groups is 1. The van der Waals surface area contributed by atoms with Crippen LogP contribution in [0.25, 0.3) is 5.57 Å².